The maximum atomic E-state index is 11.4. The normalized spacial score (nSPS) is 25.5. The van der Waals surface area contributed by atoms with Gasteiger partial charge in [-0.3, -0.25) is 4.79 Å². The fourth-order valence-electron chi connectivity index (χ4n) is 2.40. The summed E-state index contributed by atoms with van der Waals surface area (Å²) in [5.41, 5.74) is -0.611. The molecule has 0 heterocycles. The van der Waals surface area contributed by atoms with Gasteiger partial charge in [0.2, 0.25) is 0 Å². The molecule has 0 saturated heterocycles. The molecule has 2 atom stereocenters. The molecule has 0 fully saturated rings. The summed E-state index contributed by atoms with van der Waals surface area (Å²) in [4.78, 5) is 11.4. The van der Waals surface area contributed by atoms with Crippen molar-refractivity contribution in [3.63, 3.8) is 0 Å². The molecule has 1 aliphatic carbocycles. The predicted molar refractivity (Wildman–Crippen MR) is 64.8 cm³/mol. The molecule has 0 saturated carbocycles. The van der Waals surface area contributed by atoms with Gasteiger partial charge in [-0.05, 0) is 24.8 Å². The third kappa shape index (κ3) is 2.39. The largest absolute Gasteiger partial charge is 0.481 e. The number of aliphatic hydroxyl groups is 1. The first-order chi connectivity index (χ1) is 8.13. The van der Waals surface area contributed by atoms with Crippen molar-refractivity contribution in [2.45, 2.75) is 30.8 Å². The van der Waals surface area contributed by atoms with Gasteiger partial charge in [0.15, 0.2) is 0 Å². The molecule has 0 unspecified atom stereocenters. The first-order valence-corrected chi connectivity index (χ1v) is 5.81. The topological polar surface area (TPSA) is 57.5 Å². The van der Waals surface area contributed by atoms with Crippen LogP contribution in [0.3, 0.4) is 0 Å². The summed E-state index contributed by atoms with van der Waals surface area (Å²) in [7, 11) is 0. The molecule has 2 rings (SSSR count). The molecule has 0 radical (unpaired) electrons. The average Bonchev–Trinajstić information content (AvgIpc) is 2.30. The summed E-state index contributed by atoms with van der Waals surface area (Å²) in [6.45, 7) is 0. The Labute approximate surface area is 100 Å². The van der Waals surface area contributed by atoms with Gasteiger partial charge in [0.1, 0.15) is 11.5 Å². The summed E-state index contributed by atoms with van der Waals surface area (Å²) >= 11 is 0. The minimum atomic E-state index is -1.26. The van der Waals surface area contributed by atoms with Crippen molar-refractivity contribution < 1.29 is 15.0 Å². The number of carbonyl (C=O) groups is 1. The number of aliphatic carboxylic acids is 1. The lowest BCUT2D eigenvalue weighted by Crippen LogP contribution is -2.40. The van der Waals surface area contributed by atoms with Crippen LogP contribution >= 0.6 is 0 Å². The molecule has 1 aromatic carbocycles. The SMILES string of the molecule is O=C(O)[C@@H](c1ccccc1)[C@]1(O)C=CCCC1. The number of hydrogen-bond donors (Lipinski definition) is 2. The van der Waals surface area contributed by atoms with Gasteiger partial charge in [0.05, 0.1) is 0 Å². The molecular weight excluding hydrogens is 216 g/mol. The van der Waals surface area contributed by atoms with E-state index >= 15 is 0 Å². The fourth-order valence-corrected chi connectivity index (χ4v) is 2.40. The van der Waals surface area contributed by atoms with Crippen molar-refractivity contribution in [2.75, 3.05) is 0 Å². The quantitative estimate of drug-likeness (QED) is 0.786. The fraction of sp³-hybridized carbons (Fsp3) is 0.357. The molecule has 0 aromatic heterocycles. The second-order valence-electron chi connectivity index (χ2n) is 4.47. The number of rotatable bonds is 3. The Bertz CT molecular complexity index is 424. The Hall–Kier alpha value is -1.61. The first-order valence-electron chi connectivity index (χ1n) is 5.81. The summed E-state index contributed by atoms with van der Waals surface area (Å²) < 4.78 is 0. The molecule has 0 aliphatic heterocycles. The highest BCUT2D eigenvalue weighted by atomic mass is 16.4. The number of carboxylic acid groups (broad SMARTS) is 1. The van der Waals surface area contributed by atoms with E-state index in [1.165, 1.54) is 0 Å². The van der Waals surface area contributed by atoms with Crippen LogP contribution in [0.5, 0.6) is 0 Å². The zero-order valence-corrected chi connectivity index (χ0v) is 9.54. The Balaban J connectivity index is 2.39. The van der Waals surface area contributed by atoms with Gasteiger partial charge in [0, 0.05) is 0 Å². The predicted octanol–water partition coefficient (Wildman–Crippen LogP) is 2.33. The van der Waals surface area contributed by atoms with E-state index in [1.54, 1.807) is 30.3 Å². The van der Waals surface area contributed by atoms with Crippen LogP contribution in [0.25, 0.3) is 0 Å². The second-order valence-corrected chi connectivity index (χ2v) is 4.47. The lowest BCUT2D eigenvalue weighted by Gasteiger charge is -2.33. The maximum Gasteiger partial charge on any atom is 0.314 e. The third-order valence-electron chi connectivity index (χ3n) is 3.23. The summed E-state index contributed by atoms with van der Waals surface area (Å²) in [6, 6.07) is 8.92. The van der Waals surface area contributed by atoms with E-state index in [0.29, 0.717) is 12.0 Å². The molecule has 1 aromatic rings. The Morgan fingerprint density at radius 3 is 2.53 bits per heavy atom. The summed E-state index contributed by atoms with van der Waals surface area (Å²) in [5.74, 6) is -1.87. The van der Waals surface area contributed by atoms with Crippen molar-refractivity contribution in [1.82, 2.24) is 0 Å². The van der Waals surface area contributed by atoms with E-state index in [4.69, 9.17) is 0 Å². The molecule has 3 heteroatoms. The van der Waals surface area contributed by atoms with Gasteiger partial charge < -0.3 is 10.2 Å². The highest BCUT2D eigenvalue weighted by Gasteiger charge is 2.41. The van der Waals surface area contributed by atoms with Gasteiger partial charge in [0.25, 0.3) is 0 Å². The summed E-state index contributed by atoms with van der Waals surface area (Å²) in [6.07, 6.45) is 5.73. The van der Waals surface area contributed by atoms with Gasteiger partial charge in [-0.25, -0.2) is 0 Å². The molecule has 17 heavy (non-hydrogen) atoms. The van der Waals surface area contributed by atoms with Crippen LogP contribution in [0.1, 0.15) is 30.7 Å². The van der Waals surface area contributed by atoms with Crippen LogP contribution in [0.4, 0.5) is 0 Å². The third-order valence-corrected chi connectivity index (χ3v) is 3.23. The van der Waals surface area contributed by atoms with Crippen molar-refractivity contribution in [1.29, 1.82) is 0 Å². The molecule has 0 spiro atoms. The van der Waals surface area contributed by atoms with Crippen LogP contribution in [0, 0.1) is 0 Å². The highest BCUT2D eigenvalue weighted by Crippen LogP contribution is 2.36. The minimum Gasteiger partial charge on any atom is -0.481 e. The van der Waals surface area contributed by atoms with Gasteiger partial charge >= 0.3 is 5.97 Å². The van der Waals surface area contributed by atoms with Gasteiger partial charge in [-0.2, -0.15) is 0 Å². The van der Waals surface area contributed by atoms with Crippen LogP contribution in [-0.4, -0.2) is 21.8 Å². The standard InChI is InChI=1S/C14H16O3/c15-13(16)12(11-7-3-1-4-8-11)14(17)9-5-2-6-10-14/h1,3-5,7-9,12,17H,2,6,10H2,(H,15,16)/t12-,14+/m1/s1. The van der Waals surface area contributed by atoms with Gasteiger partial charge in [-0.15, -0.1) is 0 Å². The van der Waals surface area contributed by atoms with E-state index in [9.17, 15) is 15.0 Å². The average molecular weight is 232 g/mol. The molecule has 1 aliphatic rings. The highest BCUT2D eigenvalue weighted by molar-refractivity contribution is 5.78. The van der Waals surface area contributed by atoms with Crippen LogP contribution in [0.15, 0.2) is 42.5 Å². The molecule has 3 nitrogen and oxygen atoms in total. The number of carboxylic acids is 1. The minimum absolute atomic E-state index is 0.495. The smallest absolute Gasteiger partial charge is 0.314 e. The lowest BCUT2D eigenvalue weighted by molar-refractivity contribution is -0.144. The Kier molecular flexibility index (Phi) is 3.29. The number of allylic oxidation sites excluding steroid dienone is 1. The van der Waals surface area contributed by atoms with Crippen molar-refractivity contribution in [2.24, 2.45) is 0 Å². The molecule has 2 N–H and O–H groups in total. The van der Waals surface area contributed by atoms with Crippen LogP contribution in [-0.2, 0) is 4.79 Å². The maximum absolute atomic E-state index is 11.4. The zero-order valence-electron chi connectivity index (χ0n) is 9.54. The van der Waals surface area contributed by atoms with E-state index in [-0.39, 0.29) is 0 Å². The molecule has 90 valence electrons. The van der Waals surface area contributed by atoms with Crippen LogP contribution in [0.2, 0.25) is 0 Å². The van der Waals surface area contributed by atoms with Crippen molar-refractivity contribution >= 4 is 5.97 Å². The Morgan fingerprint density at radius 1 is 1.29 bits per heavy atom. The van der Waals surface area contributed by atoms with E-state index < -0.39 is 17.5 Å². The summed E-state index contributed by atoms with van der Waals surface area (Å²) in [5, 5.41) is 19.8. The first kappa shape index (κ1) is 11.9. The Morgan fingerprint density at radius 2 is 2.00 bits per heavy atom. The molecule has 0 bridgehead atoms. The van der Waals surface area contributed by atoms with Crippen LogP contribution < -0.4 is 0 Å². The van der Waals surface area contributed by atoms with E-state index in [0.717, 1.165) is 12.8 Å². The molecular formula is C14H16O3. The van der Waals surface area contributed by atoms with Gasteiger partial charge in [-0.1, -0.05) is 42.5 Å². The zero-order chi connectivity index (χ0) is 12.3. The monoisotopic (exact) mass is 232 g/mol. The van der Waals surface area contributed by atoms with Crippen molar-refractivity contribution in [3.8, 4) is 0 Å². The van der Waals surface area contributed by atoms with E-state index in [2.05, 4.69) is 0 Å². The lowest BCUT2D eigenvalue weighted by atomic mass is 9.76. The van der Waals surface area contributed by atoms with Crippen molar-refractivity contribution in [3.05, 3.63) is 48.0 Å². The number of benzene rings is 1. The number of hydrogen-bond acceptors (Lipinski definition) is 2. The molecule has 0 amide bonds. The second kappa shape index (κ2) is 4.72. The van der Waals surface area contributed by atoms with E-state index in [1.807, 2.05) is 12.1 Å².